The second-order valence-corrected chi connectivity index (χ2v) is 6.78. The van der Waals surface area contributed by atoms with Gasteiger partial charge in [0.1, 0.15) is 0 Å². The number of hydrogen-bond acceptors (Lipinski definition) is 6. The van der Waals surface area contributed by atoms with Gasteiger partial charge in [0.15, 0.2) is 16.5 Å². The van der Waals surface area contributed by atoms with Crippen molar-refractivity contribution in [1.29, 1.82) is 0 Å². The zero-order valence-corrected chi connectivity index (χ0v) is 14.3. The molecule has 0 aliphatic carbocycles. The summed E-state index contributed by atoms with van der Waals surface area (Å²) in [5, 5.41) is 1.95. The van der Waals surface area contributed by atoms with Crippen LogP contribution in [0.3, 0.4) is 0 Å². The molecular weight excluding hydrogens is 326 g/mol. The van der Waals surface area contributed by atoms with Crippen LogP contribution in [0.1, 0.15) is 17.0 Å². The molecule has 6 nitrogen and oxygen atoms in total. The molecule has 1 aliphatic heterocycles. The number of fused-ring (bicyclic) bond motifs is 2. The lowest BCUT2D eigenvalue weighted by atomic mass is 10.2. The van der Waals surface area contributed by atoms with Crippen molar-refractivity contribution in [2.24, 2.45) is 0 Å². The van der Waals surface area contributed by atoms with Crippen LogP contribution in [-0.2, 0) is 13.1 Å². The highest BCUT2D eigenvalue weighted by atomic mass is 32.1. The molecule has 0 saturated heterocycles. The smallest absolute Gasteiger partial charge is 0.259 e. The van der Waals surface area contributed by atoms with Crippen LogP contribution in [-0.4, -0.2) is 28.1 Å². The SMILES string of the molecule is Cc1csc2nc(CN(C)Cc3ccc4c(c3)OCO4)cc(=O)n12. The maximum absolute atomic E-state index is 12.2. The molecule has 0 radical (unpaired) electrons. The molecule has 1 aliphatic rings. The molecule has 124 valence electrons. The third kappa shape index (κ3) is 2.76. The van der Waals surface area contributed by atoms with E-state index >= 15 is 0 Å². The summed E-state index contributed by atoms with van der Waals surface area (Å²) in [6.45, 7) is 3.54. The fraction of sp³-hybridized carbons (Fsp3) is 0.294. The van der Waals surface area contributed by atoms with Crippen LogP contribution >= 0.6 is 11.3 Å². The minimum Gasteiger partial charge on any atom is -0.454 e. The Morgan fingerprint density at radius 3 is 2.96 bits per heavy atom. The van der Waals surface area contributed by atoms with Crippen molar-refractivity contribution < 1.29 is 9.47 Å². The summed E-state index contributed by atoms with van der Waals surface area (Å²) in [5.74, 6) is 1.57. The lowest BCUT2D eigenvalue weighted by Gasteiger charge is -2.16. The Morgan fingerprint density at radius 1 is 1.25 bits per heavy atom. The fourth-order valence-corrected chi connectivity index (χ4v) is 3.76. The zero-order valence-electron chi connectivity index (χ0n) is 13.5. The van der Waals surface area contributed by atoms with Gasteiger partial charge in [-0.3, -0.25) is 14.1 Å². The molecule has 0 spiro atoms. The Hall–Kier alpha value is -2.38. The number of aromatic nitrogens is 2. The molecule has 7 heteroatoms. The molecule has 2 aromatic heterocycles. The maximum atomic E-state index is 12.2. The Morgan fingerprint density at radius 2 is 2.08 bits per heavy atom. The average molecular weight is 343 g/mol. The first-order chi connectivity index (χ1) is 11.6. The van der Waals surface area contributed by atoms with Crippen LogP contribution in [0.25, 0.3) is 4.96 Å². The zero-order chi connectivity index (χ0) is 16.7. The molecule has 0 amide bonds. The van der Waals surface area contributed by atoms with E-state index in [4.69, 9.17) is 9.47 Å². The van der Waals surface area contributed by atoms with E-state index in [9.17, 15) is 4.79 Å². The van der Waals surface area contributed by atoms with Crippen LogP contribution in [0, 0.1) is 6.92 Å². The lowest BCUT2D eigenvalue weighted by Crippen LogP contribution is -2.21. The monoisotopic (exact) mass is 343 g/mol. The highest BCUT2D eigenvalue weighted by Crippen LogP contribution is 2.32. The van der Waals surface area contributed by atoms with E-state index in [0.29, 0.717) is 6.54 Å². The van der Waals surface area contributed by atoms with E-state index in [2.05, 4.69) is 9.88 Å². The van der Waals surface area contributed by atoms with Gasteiger partial charge >= 0.3 is 0 Å². The molecule has 24 heavy (non-hydrogen) atoms. The summed E-state index contributed by atoms with van der Waals surface area (Å²) in [7, 11) is 2.01. The van der Waals surface area contributed by atoms with Crippen LogP contribution in [0.15, 0.2) is 34.4 Å². The Balaban J connectivity index is 1.52. The molecule has 3 aromatic rings. The second-order valence-electron chi connectivity index (χ2n) is 5.94. The number of hydrogen-bond donors (Lipinski definition) is 0. The number of rotatable bonds is 4. The van der Waals surface area contributed by atoms with Crippen molar-refractivity contribution in [3.05, 3.63) is 57.0 Å². The van der Waals surface area contributed by atoms with Crippen LogP contribution in [0.4, 0.5) is 0 Å². The maximum Gasteiger partial charge on any atom is 0.259 e. The van der Waals surface area contributed by atoms with Gasteiger partial charge in [0.05, 0.1) is 5.69 Å². The molecule has 0 unspecified atom stereocenters. The standard InChI is InChI=1S/C17H17N3O3S/c1-11-9-24-17-18-13(6-16(21)20(11)17)8-19(2)7-12-3-4-14-15(5-12)23-10-22-14/h3-6,9H,7-8,10H2,1-2H3. The van der Waals surface area contributed by atoms with Gasteiger partial charge in [0, 0.05) is 30.2 Å². The molecule has 0 bridgehead atoms. The van der Waals surface area contributed by atoms with Crippen molar-refractivity contribution in [1.82, 2.24) is 14.3 Å². The molecule has 0 atom stereocenters. The largest absolute Gasteiger partial charge is 0.454 e. The van der Waals surface area contributed by atoms with Crippen molar-refractivity contribution >= 4 is 16.3 Å². The summed E-state index contributed by atoms with van der Waals surface area (Å²) < 4.78 is 12.4. The van der Waals surface area contributed by atoms with E-state index < -0.39 is 0 Å². The number of nitrogens with zero attached hydrogens (tertiary/aromatic N) is 3. The molecule has 1 aromatic carbocycles. The first-order valence-corrected chi connectivity index (χ1v) is 8.52. The molecule has 0 fully saturated rings. The molecule has 4 rings (SSSR count). The minimum absolute atomic E-state index is 0.0229. The van der Waals surface area contributed by atoms with Gasteiger partial charge in [-0.05, 0) is 31.7 Å². The summed E-state index contributed by atoms with van der Waals surface area (Å²) in [5.41, 5.74) is 2.81. The van der Waals surface area contributed by atoms with Crippen LogP contribution in [0.2, 0.25) is 0 Å². The van der Waals surface area contributed by atoms with Gasteiger partial charge in [-0.25, -0.2) is 4.98 Å². The van der Waals surface area contributed by atoms with E-state index in [1.54, 1.807) is 10.5 Å². The highest BCUT2D eigenvalue weighted by Gasteiger charge is 2.14. The summed E-state index contributed by atoms with van der Waals surface area (Å²) in [4.78, 5) is 19.7. The Kier molecular flexibility index (Phi) is 3.74. The first-order valence-electron chi connectivity index (χ1n) is 7.64. The highest BCUT2D eigenvalue weighted by molar-refractivity contribution is 7.15. The first kappa shape index (κ1) is 15.2. The van der Waals surface area contributed by atoms with Crippen molar-refractivity contribution in [2.75, 3.05) is 13.8 Å². The number of thiazole rings is 1. The normalized spacial score (nSPS) is 13.1. The Labute approximate surface area is 142 Å². The fourth-order valence-electron chi connectivity index (χ4n) is 2.87. The summed E-state index contributed by atoms with van der Waals surface area (Å²) in [6.07, 6.45) is 0. The average Bonchev–Trinajstić information content (AvgIpc) is 3.13. The van der Waals surface area contributed by atoms with Gasteiger partial charge in [-0.1, -0.05) is 6.07 Å². The number of aryl methyl sites for hydroxylation is 1. The van der Waals surface area contributed by atoms with Crippen molar-refractivity contribution in [3.63, 3.8) is 0 Å². The van der Waals surface area contributed by atoms with Gasteiger partial charge in [0.25, 0.3) is 5.56 Å². The third-order valence-electron chi connectivity index (χ3n) is 3.95. The van der Waals surface area contributed by atoms with Crippen molar-refractivity contribution in [3.8, 4) is 11.5 Å². The van der Waals surface area contributed by atoms with E-state index in [0.717, 1.165) is 40.0 Å². The summed E-state index contributed by atoms with van der Waals surface area (Å²) >= 11 is 1.49. The summed E-state index contributed by atoms with van der Waals surface area (Å²) in [6, 6.07) is 7.56. The van der Waals surface area contributed by atoms with E-state index in [-0.39, 0.29) is 12.4 Å². The predicted octanol–water partition coefficient (Wildman–Crippen LogP) is 2.43. The minimum atomic E-state index is -0.0229. The molecular formula is C17H17N3O3S. The Bertz CT molecular complexity index is 963. The number of benzene rings is 1. The predicted molar refractivity (Wildman–Crippen MR) is 91.8 cm³/mol. The van der Waals surface area contributed by atoms with Gasteiger partial charge < -0.3 is 9.47 Å². The lowest BCUT2D eigenvalue weighted by molar-refractivity contribution is 0.174. The van der Waals surface area contributed by atoms with Crippen molar-refractivity contribution in [2.45, 2.75) is 20.0 Å². The molecule has 0 saturated carbocycles. The number of ether oxygens (including phenoxy) is 2. The molecule has 0 N–H and O–H groups in total. The van der Waals surface area contributed by atoms with Gasteiger partial charge in [-0.15, -0.1) is 11.3 Å². The third-order valence-corrected chi connectivity index (χ3v) is 4.89. The van der Waals surface area contributed by atoms with E-state index in [1.165, 1.54) is 11.3 Å². The van der Waals surface area contributed by atoms with Crippen LogP contribution in [0.5, 0.6) is 11.5 Å². The van der Waals surface area contributed by atoms with Crippen LogP contribution < -0.4 is 15.0 Å². The molecule has 3 heterocycles. The van der Waals surface area contributed by atoms with Gasteiger partial charge in [-0.2, -0.15) is 0 Å². The second kappa shape index (κ2) is 5.92. The van der Waals surface area contributed by atoms with E-state index in [1.807, 2.05) is 37.6 Å². The topological polar surface area (TPSA) is 56.1 Å². The van der Waals surface area contributed by atoms with Gasteiger partial charge in [0.2, 0.25) is 6.79 Å². The quantitative estimate of drug-likeness (QED) is 0.728.